The molecule has 36 heavy (non-hydrogen) atoms. The van der Waals surface area contributed by atoms with Crippen LogP contribution in [0.25, 0.3) is 5.69 Å². The van der Waals surface area contributed by atoms with Gasteiger partial charge in [0.25, 0.3) is 5.91 Å². The number of nitrogens with zero attached hydrogens (tertiary/aromatic N) is 4. The fraction of sp³-hybridized carbons (Fsp3) is 0.423. The summed E-state index contributed by atoms with van der Waals surface area (Å²) in [6.45, 7) is 2.74. The molecule has 0 spiro atoms. The van der Waals surface area contributed by atoms with Gasteiger partial charge in [-0.25, -0.2) is 9.07 Å². The third kappa shape index (κ3) is 6.12. The number of benzene rings is 2. The van der Waals surface area contributed by atoms with E-state index in [0.29, 0.717) is 18.0 Å². The molecule has 3 aromatic rings. The van der Waals surface area contributed by atoms with E-state index < -0.39 is 6.67 Å². The van der Waals surface area contributed by atoms with Gasteiger partial charge in [-0.1, -0.05) is 17.3 Å². The van der Waals surface area contributed by atoms with Gasteiger partial charge in [0.1, 0.15) is 24.7 Å². The van der Waals surface area contributed by atoms with E-state index in [0.717, 1.165) is 50.4 Å². The summed E-state index contributed by atoms with van der Waals surface area (Å²) in [6, 6.07) is 11.2. The highest BCUT2D eigenvalue weighted by Gasteiger charge is 2.19. The lowest BCUT2D eigenvalue weighted by Crippen LogP contribution is -2.32. The van der Waals surface area contributed by atoms with Crippen molar-refractivity contribution >= 4 is 5.91 Å². The Bertz CT molecular complexity index is 1170. The molecule has 0 aliphatic carbocycles. The maximum atomic E-state index is 12.5. The summed E-state index contributed by atoms with van der Waals surface area (Å²) in [7, 11) is 3.31. The van der Waals surface area contributed by atoms with Crippen LogP contribution in [0.3, 0.4) is 0 Å². The maximum absolute atomic E-state index is 12.5. The lowest BCUT2D eigenvalue weighted by Gasteiger charge is -2.29. The van der Waals surface area contributed by atoms with Gasteiger partial charge >= 0.3 is 0 Å². The zero-order chi connectivity index (χ0) is 25.3. The summed E-state index contributed by atoms with van der Waals surface area (Å²) < 4.78 is 30.2. The zero-order valence-electron chi connectivity index (χ0n) is 20.7. The van der Waals surface area contributed by atoms with Crippen molar-refractivity contribution in [3.8, 4) is 22.9 Å². The number of methoxy groups -OCH3 is 2. The molecule has 0 fully saturated rings. The van der Waals surface area contributed by atoms with E-state index in [-0.39, 0.29) is 18.2 Å². The molecular weight excluding hydrogens is 465 g/mol. The molecular formula is C26H32FN5O4. The minimum atomic E-state index is -0.589. The minimum absolute atomic E-state index is 0.0497. The topological polar surface area (TPSA) is 90.7 Å². The van der Waals surface area contributed by atoms with Crippen molar-refractivity contribution in [1.82, 2.24) is 25.2 Å². The molecule has 2 aromatic carbocycles. The first-order chi connectivity index (χ1) is 17.6. The first kappa shape index (κ1) is 25.4. The van der Waals surface area contributed by atoms with Gasteiger partial charge in [0.15, 0.2) is 17.2 Å². The zero-order valence-corrected chi connectivity index (χ0v) is 20.7. The Kier molecular flexibility index (Phi) is 8.72. The third-order valence-corrected chi connectivity index (χ3v) is 6.16. The van der Waals surface area contributed by atoms with Gasteiger partial charge in [0.05, 0.1) is 20.4 Å². The van der Waals surface area contributed by atoms with Crippen molar-refractivity contribution < 1.29 is 23.4 Å². The summed E-state index contributed by atoms with van der Waals surface area (Å²) in [6.07, 6.45) is 4.34. The standard InChI is InChI=1S/C26H32FN5O4/c1-34-24-15-19-9-13-31(17-20(19)16-25(24)35-2)12-6-5-11-28-26(33)21-18-32(30-29-21)22-7-3-4-8-23(22)36-14-10-27/h3-4,7-8,15-16,18H,5-6,9-14,17H2,1-2H3,(H,28,33). The number of fused-ring (bicyclic) bond motifs is 1. The Balaban J connectivity index is 1.22. The number of para-hydroxylation sites is 2. The monoisotopic (exact) mass is 497 g/mol. The summed E-state index contributed by atoms with van der Waals surface area (Å²) in [5.41, 5.74) is 3.39. The number of nitrogens with one attached hydrogen (secondary N) is 1. The molecule has 0 unspecified atom stereocenters. The first-order valence-electron chi connectivity index (χ1n) is 12.1. The smallest absolute Gasteiger partial charge is 0.273 e. The highest BCUT2D eigenvalue weighted by Crippen LogP contribution is 2.33. The Hall–Kier alpha value is -3.66. The number of alkyl halides is 1. The van der Waals surface area contributed by atoms with Crippen molar-refractivity contribution in [2.24, 2.45) is 0 Å². The van der Waals surface area contributed by atoms with Crippen LogP contribution in [0.5, 0.6) is 17.2 Å². The van der Waals surface area contributed by atoms with Crippen LogP contribution < -0.4 is 19.5 Å². The van der Waals surface area contributed by atoms with Crippen molar-refractivity contribution in [3.63, 3.8) is 0 Å². The van der Waals surface area contributed by atoms with Crippen LogP contribution in [-0.4, -0.2) is 72.9 Å². The van der Waals surface area contributed by atoms with E-state index in [4.69, 9.17) is 14.2 Å². The molecule has 2 heterocycles. The van der Waals surface area contributed by atoms with Gasteiger partial charge in [-0.05, 0) is 61.2 Å². The second kappa shape index (κ2) is 12.3. The normalized spacial score (nSPS) is 13.2. The molecule has 4 rings (SSSR count). The Morgan fingerprint density at radius 3 is 2.64 bits per heavy atom. The highest BCUT2D eigenvalue weighted by molar-refractivity contribution is 5.91. The number of unbranched alkanes of at least 4 members (excludes halogenated alkanes) is 1. The quantitative estimate of drug-likeness (QED) is 0.384. The highest BCUT2D eigenvalue weighted by atomic mass is 19.1. The van der Waals surface area contributed by atoms with E-state index in [9.17, 15) is 9.18 Å². The van der Waals surface area contributed by atoms with Crippen LogP contribution in [0.4, 0.5) is 4.39 Å². The average Bonchev–Trinajstić information content (AvgIpc) is 3.41. The van der Waals surface area contributed by atoms with E-state index in [1.807, 2.05) is 6.07 Å². The van der Waals surface area contributed by atoms with Crippen molar-refractivity contribution in [2.45, 2.75) is 25.8 Å². The Morgan fingerprint density at radius 2 is 1.86 bits per heavy atom. The van der Waals surface area contributed by atoms with Gasteiger partial charge in [-0.2, -0.15) is 0 Å². The van der Waals surface area contributed by atoms with E-state index in [1.54, 1.807) is 38.6 Å². The lowest BCUT2D eigenvalue weighted by molar-refractivity contribution is 0.0947. The van der Waals surface area contributed by atoms with E-state index in [2.05, 4.69) is 32.7 Å². The molecule has 1 aromatic heterocycles. The molecule has 1 aliphatic rings. The van der Waals surface area contributed by atoms with Crippen LogP contribution in [0.15, 0.2) is 42.6 Å². The third-order valence-electron chi connectivity index (χ3n) is 6.16. The number of carbonyl (C=O) groups excluding carboxylic acids is 1. The number of rotatable bonds is 12. The molecule has 10 heteroatoms. The molecule has 0 radical (unpaired) electrons. The van der Waals surface area contributed by atoms with E-state index in [1.165, 1.54) is 15.8 Å². The van der Waals surface area contributed by atoms with Crippen LogP contribution in [-0.2, 0) is 13.0 Å². The van der Waals surface area contributed by atoms with Crippen molar-refractivity contribution in [3.05, 3.63) is 59.4 Å². The molecule has 192 valence electrons. The molecule has 0 bridgehead atoms. The summed E-state index contributed by atoms with van der Waals surface area (Å²) in [5.74, 6) is 1.73. The maximum Gasteiger partial charge on any atom is 0.273 e. The number of hydrogen-bond donors (Lipinski definition) is 1. The van der Waals surface area contributed by atoms with Gasteiger partial charge in [-0.15, -0.1) is 5.10 Å². The molecule has 0 saturated heterocycles. The van der Waals surface area contributed by atoms with Crippen LogP contribution >= 0.6 is 0 Å². The number of halogens is 1. The lowest BCUT2D eigenvalue weighted by atomic mass is 9.98. The number of aromatic nitrogens is 3. The van der Waals surface area contributed by atoms with Gasteiger partial charge in [0.2, 0.25) is 0 Å². The van der Waals surface area contributed by atoms with Gasteiger partial charge in [-0.3, -0.25) is 9.69 Å². The molecule has 9 nitrogen and oxygen atoms in total. The Labute approximate surface area is 210 Å². The number of carbonyl (C=O) groups is 1. The second-order valence-corrected chi connectivity index (χ2v) is 8.52. The molecule has 1 aliphatic heterocycles. The fourth-order valence-electron chi connectivity index (χ4n) is 4.29. The van der Waals surface area contributed by atoms with Crippen molar-refractivity contribution in [2.75, 3.05) is 47.1 Å². The molecule has 1 N–H and O–H groups in total. The second-order valence-electron chi connectivity index (χ2n) is 8.52. The number of amides is 1. The number of hydrogen-bond acceptors (Lipinski definition) is 7. The van der Waals surface area contributed by atoms with Gasteiger partial charge in [0, 0.05) is 19.6 Å². The first-order valence-corrected chi connectivity index (χ1v) is 12.1. The summed E-state index contributed by atoms with van der Waals surface area (Å²) in [5, 5.41) is 10.9. The van der Waals surface area contributed by atoms with Gasteiger partial charge < -0.3 is 19.5 Å². The van der Waals surface area contributed by atoms with Crippen molar-refractivity contribution in [1.29, 1.82) is 0 Å². The van der Waals surface area contributed by atoms with Crippen LogP contribution in [0.1, 0.15) is 34.5 Å². The largest absolute Gasteiger partial charge is 0.493 e. The molecule has 0 atom stereocenters. The van der Waals surface area contributed by atoms with Crippen LogP contribution in [0, 0.1) is 0 Å². The van der Waals surface area contributed by atoms with E-state index >= 15 is 0 Å². The minimum Gasteiger partial charge on any atom is -0.493 e. The average molecular weight is 498 g/mol. The SMILES string of the molecule is COc1cc2c(cc1OC)CN(CCCCNC(=O)c1cn(-c3ccccc3OCCF)nn1)CC2. The van der Waals surface area contributed by atoms with Crippen LogP contribution in [0.2, 0.25) is 0 Å². The predicted molar refractivity (Wildman–Crippen MR) is 133 cm³/mol. The molecule has 0 saturated carbocycles. The summed E-state index contributed by atoms with van der Waals surface area (Å²) in [4.78, 5) is 14.9. The molecule has 1 amide bonds. The number of ether oxygens (including phenoxy) is 3. The predicted octanol–water partition coefficient (Wildman–Crippen LogP) is 3.20. The fourth-order valence-corrected chi connectivity index (χ4v) is 4.29. The summed E-state index contributed by atoms with van der Waals surface area (Å²) >= 11 is 0. The Morgan fingerprint density at radius 1 is 1.08 bits per heavy atom.